The fourth-order valence-electron chi connectivity index (χ4n) is 4.57. The molecule has 2 aliphatic rings. The van der Waals surface area contributed by atoms with Crippen LogP contribution in [0.4, 0.5) is 13.2 Å². The van der Waals surface area contributed by atoms with Crippen molar-refractivity contribution in [1.29, 1.82) is 0 Å². The van der Waals surface area contributed by atoms with E-state index in [2.05, 4.69) is 15.6 Å². The molecule has 0 amide bonds. The van der Waals surface area contributed by atoms with Crippen LogP contribution in [0.2, 0.25) is 0 Å². The van der Waals surface area contributed by atoms with Gasteiger partial charge in [0, 0.05) is 37.0 Å². The number of carboxylic acids is 1. The molecule has 0 aliphatic carbocycles. The molecule has 2 aliphatic heterocycles. The molecule has 3 aromatic rings. The molecular weight excluding hydrogens is 413 g/mol. The van der Waals surface area contributed by atoms with Crippen LogP contribution in [0.15, 0.2) is 29.2 Å². The summed E-state index contributed by atoms with van der Waals surface area (Å²) in [5.74, 6) is -4.06. The highest BCUT2D eigenvalue weighted by Crippen LogP contribution is 2.37. The summed E-state index contributed by atoms with van der Waals surface area (Å²) in [6.07, 6.45) is 1.52. The summed E-state index contributed by atoms with van der Waals surface area (Å²) in [5.41, 5.74) is -2.69. The van der Waals surface area contributed by atoms with Gasteiger partial charge in [0.15, 0.2) is 0 Å². The highest BCUT2D eigenvalue weighted by atomic mass is 19.1. The van der Waals surface area contributed by atoms with Gasteiger partial charge in [0.1, 0.15) is 34.4 Å². The van der Waals surface area contributed by atoms with Crippen molar-refractivity contribution in [2.75, 3.05) is 13.1 Å². The van der Waals surface area contributed by atoms with Gasteiger partial charge in [-0.1, -0.05) is 0 Å². The lowest BCUT2D eigenvalue weighted by atomic mass is 9.92. The maximum absolute atomic E-state index is 15.5. The minimum atomic E-state index is -1.55. The first-order chi connectivity index (χ1) is 14.7. The summed E-state index contributed by atoms with van der Waals surface area (Å²) in [5, 5.41) is 15.8. The highest BCUT2D eigenvalue weighted by molar-refractivity contribution is 5.93. The van der Waals surface area contributed by atoms with Crippen molar-refractivity contribution in [3.63, 3.8) is 0 Å². The molecule has 2 atom stereocenters. The minimum absolute atomic E-state index is 0.0729. The van der Waals surface area contributed by atoms with E-state index in [9.17, 15) is 23.5 Å². The first-order valence-electron chi connectivity index (χ1n) is 9.65. The second-order valence-electron chi connectivity index (χ2n) is 7.99. The number of nitrogens with one attached hydrogen (secondary N) is 2. The fourth-order valence-corrected chi connectivity index (χ4v) is 4.57. The number of pyridine rings is 2. The van der Waals surface area contributed by atoms with Gasteiger partial charge < -0.3 is 15.7 Å². The lowest BCUT2D eigenvalue weighted by molar-refractivity contribution is 0.0695. The number of halogens is 3. The average molecular weight is 430 g/mol. The Labute approximate surface area is 173 Å². The van der Waals surface area contributed by atoms with E-state index in [-0.39, 0.29) is 34.0 Å². The predicted molar refractivity (Wildman–Crippen MR) is 105 cm³/mol. The van der Waals surface area contributed by atoms with Crippen LogP contribution in [-0.4, -0.2) is 39.8 Å². The van der Waals surface area contributed by atoms with Crippen molar-refractivity contribution >= 4 is 17.0 Å². The van der Waals surface area contributed by atoms with Gasteiger partial charge in [0.2, 0.25) is 5.43 Å². The normalized spacial score (nSPS) is 22.4. The molecule has 5 rings (SSSR count). The van der Waals surface area contributed by atoms with Crippen molar-refractivity contribution in [2.24, 2.45) is 0 Å². The van der Waals surface area contributed by atoms with Crippen molar-refractivity contribution in [1.82, 2.24) is 20.2 Å². The van der Waals surface area contributed by atoms with Gasteiger partial charge in [0.05, 0.1) is 16.6 Å². The Kier molecular flexibility index (Phi) is 4.21. The molecule has 2 saturated heterocycles. The first-order valence-corrected chi connectivity index (χ1v) is 9.65. The molecule has 2 aromatic heterocycles. The molecule has 0 radical (unpaired) electrons. The molecule has 10 heteroatoms. The van der Waals surface area contributed by atoms with Crippen molar-refractivity contribution in [3.05, 3.63) is 68.9 Å². The number of aromatic carboxylic acids is 1. The molecule has 0 saturated carbocycles. The van der Waals surface area contributed by atoms with Crippen molar-refractivity contribution < 1.29 is 23.1 Å². The lowest BCUT2D eigenvalue weighted by Gasteiger charge is -2.28. The van der Waals surface area contributed by atoms with E-state index in [4.69, 9.17) is 0 Å². The van der Waals surface area contributed by atoms with Crippen molar-refractivity contribution in [2.45, 2.75) is 24.9 Å². The van der Waals surface area contributed by atoms with Crippen LogP contribution >= 0.6 is 0 Å². The van der Waals surface area contributed by atoms with Gasteiger partial charge in [-0.25, -0.2) is 22.9 Å². The van der Waals surface area contributed by atoms with Crippen LogP contribution in [0.25, 0.3) is 16.7 Å². The number of carboxylic acid groups (broad SMARTS) is 1. The van der Waals surface area contributed by atoms with Gasteiger partial charge in [-0.05, 0) is 25.5 Å². The molecule has 2 unspecified atom stereocenters. The van der Waals surface area contributed by atoms with E-state index >= 15 is 4.39 Å². The summed E-state index contributed by atoms with van der Waals surface area (Å²) < 4.78 is 44.6. The van der Waals surface area contributed by atoms with Gasteiger partial charge in [-0.3, -0.25) is 9.36 Å². The van der Waals surface area contributed by atoms with E-state index < -0.39 is 40.0 Å². The van der Waals surface area contributed by atoms with Crippen LogP contribution in [0.3, 0.4) is 0 Å². The zero-order valence-corrected chi connectivity index (χ0v) is 16.3. The van der Waals surface area contributed by atoms with Gasteiger partial charge >= 0.3 is 5.97 Å². The number of fused-ring (bicyclic) bond motifs is 3. The van der Waals surface area contributed by atoms with Crippen molar-refractivity contribution in [3.8, 4) is 5.69 Å². The SMILES string of the molecule is Cc1c(F)c(C23CNC(CN2)C3)nc2c1c(=O)c(C(=O)O)cn2-c1ccc(F)cc1F. The van der Waals surface area contributed by atoms with E-state index in [0.717, 1.165) is 22.9 Å². The Morgan fingerprint density at radius 1 is 1.32 bits per heavy atom. The first kappa shape index (κ1) is 19.7. The van der Waals surface area contributed by atoms with E-state index in [1.54, 1.807) is 0 Å². The lowest BCUT2D eigenvalue weighted by Crippen LogP contribution is -2.48. The minimum Gasteiger partial charge on any atom is -0.477 e. The number of aromatic nitrogens is 2. The summed E-state index contributed by atoms with van der Waals surface area (Å²) in [6, 6.07) is 2.91. The number of piperazine rings is 1. The molecule has 160 valence electrons. The Bertz CT molecular complexity index is 1330. The number of benzene rings is 1. The molecule has 1 aromatic carbocycles. The van der Waals surface area contributed by atoms with E-state index in [0.29, 0.717) is 25.6 Å². The topological polar surface area (TPSA) is 96.2 Å². The van der Waals surface area contributed by atoms with Crippen LogP contribution in [0.1, 0.15) is 28.0 Å². The fraction of sp³-hybridized carbons (Fsp3) is 0.286. The van der Waals surface area contributed by atoms with Crippen LogP contribution < -0.4 is 16.1 Å². The summed E-state index contributed by atoms with van der Waals surface area (Å²) >= 11 is 0. The second-order valence-corrected chi connectivity index (χ2v) is 7.99. The third-order valence-corrected chi connectivity index (χ3v) is 6.14. The smallest absolute Gasteiger partial charge is 0.341 e. The Hall–Kier alpha value is -3.24. The maximum atomic E-state index is 15.5. The number of hydrogen-bond donors (Lipinski definition) is 3. The highest BCUT2D eigenvalue weighted by Gasteiger charge is 2.49. The third kappa shape index (κ3) is 2.78. The molecule has 4 heterocycles. The van der Waals surface area contributed by atoms with Gasteiger partial charge in [-0.15, -0.1) is 0 Å². The molecule has 7 nitrogen and oxygen atoms in total. The predicted octanol–water partition coefficient (Wildman–Crippen LogP) is 1.97. The third-order valence-electron chi connectivity index (χ3n) is 6.14. The van der Waals surface area contributed by atoms with E-state index in [1.807, 2.05) is 0 Å². The monoisotopic (exact) mass is 430 g/mol. The number of nitrogens with zero attached hydrogens (tertiary/aromatic N) is 2. The van der Waals surface area contributed by atoms with E-state index in [1.165, 1.54) is 6.92 Å². The number of aryl methyl sites for hydroxylation is 1. The van der Waals surface area contributed by atoms with Crippen LogP contribution in [0, 0.1) is 24.4 Å². The average Bonchev–Trinajstić information content (AvgIpc) is 3.33. The summed E-state index contributed by atoms with van der Waals surface area (Å²) in [4.78, 5) is 29.0. The summed E-state index contributed by atoms with van der Waals surface area (Å²) in [6.45, 7) is 2.41. The zero-order valence-electron chi connectivity index (χ0n) is 16.3. The maximum Gasteiger partial charge on any atom is 0.341 e. The molecule has 3 N–H and O–H groups in total. The van der Waals surface area contributed by atoms with Crippen LogP contribution in [-0.2, 0) is 5.54 Å². The summed E-state index contributed by atoms with van der Waals surface area (Å²) in [7, 11) is 0. The standard InChI is InChI=1S/C21H17F3N4O3/c1-9-15-17(29)12(20(30)31)7-28(14-3-2-10(22)4-13(14)23)19(15)27-18(16(9)24)21-5-11(6-26-21)25-8-21/h2-4,7,11,25-26H,5-6,8H2,1H3,(H,30,31). The number of rotatable bonds is 3. The zero-order chi connectivity index (χ0) is 22.1. The Morgan fingerprint density at radius 3 is 2.68 bits per heavy atom. The van der Waals surface area contributed by atoms with Gasteiger partial charge in [0.25, 0.3) is 0 Å². The second kappa shape index (κ2) is 6.63. The van der Waals surface area contributed by atoms with Gasteiger partial charge in [-0.2, -0.15) is 0 Å². The molecule has 0 spiro atoms. The number of hydrogen-bond acceptors (Lipinski definition) is 5. The number of carbonyl (C=O) groups is 1. The molecule has 31 heavy (non-hydrogen) atoms. The quantitative estimate of drug-likeness (QED) is 0.588. The molecule has 2 bridgehead atoms. The molecular formula is C21H17F3N4O3. The largest absolute Gasteiger partial charge is 0.477 e. The Balaban J connectivity index is 1.90. The Morgan fingerprint density at radius 2 is 2.10 bits per heavy atom. The molecule has 2 fully saturated rings. The van der Waals surface area contributed by atoms with Crippen LogP contribution in [0.5, 0.6) is 0 Å².